The fraction of sp³-hybridized carbons (Fsp3) is 0.538. The summed E-state index contributed by atoms with van der Waals surface area (Å²) in [6.07, 6.45) is 0. The molecule has 1 unspecified atom stereocenters. The van der Waals surface area contributed by atoms with Gasteiger partial charge in [0.2, 0.25) is 0 Å². The summed E-state index contributed by atoms with van der Waals surface area (Å²) in [7, 11) is 0. The third kappa shape index (κ3) is 3.56. The van der Waals surface area contributed by atoms with Crippen molar-refractivity contribution in [2.75, 3.05) is 6.61 Å². The molecule has 1 rings (SSSR count). The summed E-state index contributed by atoms with van der Waals surface area (Å²) in [6.45, 7) is 8.93. The van der Waals surface area contributed by atoms with Crippen LogP contribution in [0, 0.1) is 6.92 Å². The van der Waals surface area contributed by atoms with Gasteiger partial charge in [0.1, 0.15) is 12.4 Å². The quantitative estimate of drug-likeness (QED) is 0.824. The van der Waals surface area contributed by atoms with Crippen LogP contribution in [-0.2, 0) is 0 Å². The van der Waals surface area contributed by atoms with Crippen molar-refractivity contribution < 1.29 is 4.74 Å². The van der Waals surface area contributed by atoms with E-state index < -0.39 is 0 Å². The molecular weight excluding hydrogens is 186 g/mol. The van der Waals surface area contributed by atoms with Gasteiger partial charge >= 0.3 is 0 Å². The Kier molecular flexibility index (Phi) is 4.15. The second-order valence-corrected chi connectivity index (χ2v) is 4.48. The predicted molar refractivity (Wildman–Crippen MR) is 64.4 cm³/mol. The lowest BCUT2D eigenvalue weighted by Crippen LogP contribution is -2.24. The molecule has 0 aliphatic carbocycles. The zero-order valence-corrected chi connectivity index (χ0v) is 10.1. The minimum Gasteiger partial charge on any atom is -0.492 e. The van der Waals surface area contributed by atoms with Crippen molar-refractivity contribution >= 4 is 0 Å². The fourth-order valence-electron chi connectivity index (χ4n) is 1.46. The first-order valence-corrected chi connectivity index (χ1v) is 5.49. The Balaban J connectivity index is 2.87. The summed E-state index contributed by atoms with van der Waals surface area (Å²) in [4.78, 5) is 0. The Morgan fingerprint density at radius 2 is 1.93 bits per heavy atom. The average Bonchev–Trinajstić information content (AvgIpc) is 2.14. The van der Waals surface area contributed by atoms with Gasteiger partial charge in [0.25, 0.3) is 0 Å². The van der Waals surface area contributed by atoms with Crippen LogP contribution in [0.5, 0.6) is 5.75 Å². The lowest BCUT2D eigenvalue weighted by atomic mass is 10.0. The second kappa shape index (κ2) is 5.17. The van der Waals surface area contributed by atoms with Crippen molar-refractivity contribution in [1.82, 2.24) is 0 Å². The highest BCUT2D eigenvalue weighted by Crippen LogP contribution is 2.27. The van der Waals surface area contributed by atoms with E-state index in [4.69, 9.17) is 10.5 Å². The van der Waals surface area contributed by atoms with Gasteiger partial charge in [0, 0.05) is 6.04 Å². The minimum atomic E-state index is 0.0746. The van der Waals surface area contributed by atoms with Crippen LogP contribution in [-0.4, -0.2) is 12.6 Å². The first kappa shape index (κ1) is 12.1. The molecule has 0 fully saturated rings. The van der Waals surface area contributed by atoms with Gasteiger partial charge in [-0.25, -0.2) is 0 Å². The summed E-state index contributed by atoms with van der Waals surface area (Å²) in [6, 6.07) is 6.41. The van der Waals surface area contributed by atoms with Gasteiger partial charge in [-0.1, -0.05) is 26.0 Å². The molecule has 1 atom stereocenters. The third-order valence-corrected chi connectivity index (χ3v) is 2.29. The van der Waals surface area contributed by atoms with Crippen molar-refractivity contribution in [2.24, 2.45) is 5.73 Å². The molecule has 2 heteroatoms. The Labute approximate surface area is 92.4 Å². The number of hydrogen-bond donors (Lipinski definition) is 1. The van der Waals surface area contributed by atoms with E-state index in [1.54, 1.807) is 0 Å². The Morgan fingerprint density at radius 1 is 1.27 bits per heavy atom. The summed E-state index contributed by atoms with van der Waals surface area (Å²) >= 11 is 0. The Hall–Kier alpha value is -1.02. The molecule has 0 heterocycles. The number of aryl methyl sites for hydroxylation is 1. The van der Waals surface area contributed by atoms with Gasteiger partial charge in [0.15, 0.2) is 0 Å². The van der Waals surface area contributed by atoms with Crippen LogP contribution >= 0.6 is 0 Å². The molecule has 84 valence electrons. The lowest BCUT2D eigenvalue weighted by molar-refractivity contribution is 0.292. The third-order valence-electron chi connectivity index (χ3n) is 2.29. The fourth-order valence-corrected chi connectivity index (χ4v) is 1.46. The van der Waals surface area contributed by atoms with E-state index in [1.165, 1.54) is 11.1 Å². The molecule has 0 aliphatic rings. The maximum atomic E-state index is 5.72. The summed E-state index contributed by atoms with van der Waals surface area (Å²) in [5, 5.41) is 0. The average molecular weight is 207 g/mol. The smallest absolute Gasteiger partial charge is 0.123 e. The highest BCUT2D eigenvalue weighted by molar-refractivity contribution is 5.39. The number of ether oxygens (including phenoxy) is 1. The number of rotatable bonds is 4. The van der Waals surface area contributed by atoms with Crippen LogP contribution < -0.4 is 10.5 Å². The van der Waals surface area contributed by atoms with Crippen molar-refractivity contribution in [2.45, 2.75) is 39.7 Å². The lowest BCUT2D eigenvalue weighted by Gasteiger charge is -2.16. The molecule has 0 aromatic heterocycles. The Morgan fingerprint density at radius 3 is 2.47 bits per heavy atom. The van der Waals surface area contributed by atoms with Crippen molar-refractivity contribution in [1.29, 1.82) is 0 Å². The Bertz CT molecular complexity index is 318. The molecule has 2 N–H and O–H groups in total. The molecule has 1 aromatic carbocycles. The van der Waals surface area contributed by atoms with Crippen LogP contribution in [0.4, 0.5) is 0 Å². The summed E-state index contributed by atoms with van der Waals surface area (Å²) < 4.78 is 5.72. The van der Waals surface area contributed by atoms with Gasteiger partial charge in [-0.2, -0.15) is 0 Å². The second-order valence-electron chi connectivity index (χ2n) is 4.48. The van der Waals surface area contributed by atoms with Crippen LogP contribution in [0.25, 0.3) is 0 Å². The number of hydrogen-bond acceptors (Lipinski definition) is 2. The molecule has 0 saturated heterocycles. The normalized spacial score (nSPS) is 12.9. The highest BCUT2D eigenvalue weighted by Gasteiger charge is 2.08. The van der Waals surface area contributed by atoms with Gasteiger partial charge in [-0.3, -0.25) is 0 Å². The summed E-state index contributed by atoms with van der Waals surface area (Å²) in [5.74, 6) is 1.45. The van der Waals surface area contributed by atoms with Gasteiger partial charge in [-0.05, 0) is 37.0 Å². The number of benzene rings is 1. The molecule has 0 bridgehead atoms. The standard InChI is InChI=1S/C13H21NO/c1-9(2)12-6-5-10(3)7-13(12)15-8-11(4)14/h5-7,9,11H,8,14H2,1-4H3. The van der Waals surface area contributed by atoms with Crippen molar-refractivity contribution in [3.05, 3.63) is 29.3 Å². The first-order valence-electron chi connectivity index (χ1n) is 5.49. The van der Waals surface area contributed by atoms with E-state index >= 15 is 0 Å². The van der Waals surface area contributed by atoms with Crippen LogP contribution in [0.2, 0.25) is 0 Å². The van der Waals surface area contributed by atoms with Crippen LogP contribution in [0.1, 0.15) is 37.8 Å². The van der Waals surface area contributed by atoms with E-state index in [0.717, 1.165) is 5.75 Å². The topological polar surface area (TPSA) is 35.2 Å². The van der Waals surface area contributed by atoms with Crippen LogP contribution in [0.3, 0.4) is 0 Å². The van der Waals surface area contributed by atoms with E-state index in [1.807, 2.05) is 6.92 Å². The van der Waals surface area contributed by atoms with E-state index in [-0.39, 0.29) is 6.04 Å². The molecule has 0 radical (unpaired) electrons. The monoisotopic (exact) mass is 207 g/mol. The van der Waals surface area contributed by atoms with E-state index in [0.29, 0.717) is 12.5 Å². The molecule has 15 heavy (non-hydrogen) atoms. The van der Waals surface area contributed by atoms with Crippen LogP contribution in [0.15, 0.2) is 18.2 Å². The highest BCUT2D eigenvalue weighted by atomic mass is 16.5. The molecule has 0 spiro atoms. The SMILES string of the molecule is Cc1ccc(C(C)C)c(OCC(C)N)c1. The van der Waals surface area contributed by atoms with Gasteiger partial charge in [0.05, 0.1) is 0 Å². The number of nitrogens with two attached hydrogens (primary N) is 1. The molecule has 1 aromatic rings. The minimum absolute atomic E-state index is 0.0746. The predicted octanol–water partition coefficient (Wildman–Crippen LogP) is 2.84. The van der Waals surface area contributed by atoms with E-state index in [2.05, 4.69) is 39.0 Å². The zero-order valence-electron chi connectivity index (χ0n) is 10.1. The van der Waals surface area contributed by atoms with E-state index in [9.17, 15) is 0 Å². The zero-order chi connectivity index (χ0) is 11.4. The summed E-state index contributed by atoms with van der Waals surface area (Å²) in [5.41, 5.74) is 8.15. The van der Waals surface area contributed by atoms with Crippen molar-refractivity contribution in [3.63, 3.8) is 0 Å². The molecule has 2 nitrogen and oxygen atoms in total. The maximum absolute atomic E-state index is 5.72. The van der Waals surface area contributed by atoms with Gasteiger partial charge < -0.3 is 10.5 Å². The molecule has 0 amide bonds. The van der Waals surface area contributed by atoms with Crippen molar-refractivity contribution in [3.8, 4) is 5.75 Å². The first-order chi connectivity index (χ1) is 7.00. The molecule has 0 aliphatic heterocycles. The molecule has 0 saturated carbocycles. The maximum Gasteiger partial charge on any atom is 0.123 e. The van der Waals surface area contributed by atoms with Gasteiger partial charge in [-0.15, -0.1) is 0 Å². The largest absolute Gasteiger partial charge is 0.492 e. The molecular formula is C13H21NO.